The Bertz CT molecular complexity index is 1200. The maximum atomic E-state index is 13.2. The van der Waals surface area contributed by atoms with Crippen LogP contribution in [-0.2, 0) is 19.1 Å². The number of likely N-dealkylation sites (tertiary alicyclic amines) is 1. The van der Waals surface area contributed by atoms with Crippen LogP contribution in [0.5, 0.6) is 17.2 Å². The summed E-state index contributed by atoms with van der Waals surface area (Å²) in [6, 6.07) is 10.7. The van der Waals surface area contributed by atoms with E-state index in [2.05, 4.69) is 5.32 Å². The van der Waals surface area contributed by atoms with Gasteiger partial charge in [-0.3, -0.25) is 24.6 Å². The molecule has 3 unspecified atom stereocenters. The SMILES string of the molecule is CCN1C(=O)C2C(c3ccc(-c4ccc5c(c4)OCO5)c(OC)c3)N[C@@](C)(C(=O)OC)C2C1=O. The highest BCUT2D eigenvalue weighted by Crippen LogP contribution is 2.50. The minimum atomic E-state index is -1.33. The molecule has 0 bridgehead atoms. The van der Waals surface area contributed by atoms with Crippen LogP contribution in [0.25, 0.3) is 11.1 Å². The largest absolute Gasteiger partial charge is 0.496 e. The summed E-state index contributed by atoms with van der Waals surface area (Å²) in [4.78, 5) is 40.3. The molecule has 0 aromatic heterocycles. The van der Waals surface area contributed by atoms with Crippen molar-refractivity contribution in [2.45, 2.75) is 25.4 Å². The second kappa shape index (κ2) is 8.02. The molecule has 1 N–H and O–H groups in total. The number of imide groups is 1. The number of amides is 2. The molecule has 0 saturated carbocycles. The van der Waals surface area contributed by atoms with Crippen molar-refractivity contribution in [3.05, 3.63) is 42.0 Å². The molecule has 3 aliphatic heterocycles. The van der Waals surface area contributed by atoms with E-state index in [9.17, 15) is 14.4 Å². The fraction of sp³-hybridized carbons (Fsp3) is 0.400. The molecule has 2 aromatic rings. The number of esters is 1. The van der Waals surface area contributed by atoms with Crippen LogP contribution < -0.4 is 19.5 Å². The lowest BCUT2D eigenvalue weighted by atomic mass is 9.80. The van der Waals surface area contributed by atoms with Crippen molar-refractivity contribution in [2.75, 3.05) is 27.6 Å². The monoisotopic (exact) mass is 466 g/mol. The van der Waals surface area contributed by atoms with Gasteiger partial charge in [-0.05, 0) is 43.2 Å². The zero-order chi connectivity index (χ0) is 24.2. The van der Waals surface area contributed by atoms with Gasteiger partial charge in [0.2, 0.25) is 18.6 Å². The van der Waals surface area contributed by atoms with Crippen LogP contribution in [0.3, 0.4) is 0 Å². The molecular weight excluding hydrogens is 440 g/mol. The lowest BCUT2D eigenvalue weighted by molar-refractivity contribution is -0.153. The minimum absolute atomic E-state index is 0.186. The summed E-state index contributed by atoms with van der Waals surface area (Å²) in [5, 5.41) is 3.25. The highest BCUT2D eigenvalue weighted by Gasteiger charge is 2.66. The summed E-state index contributed by atoms with van der Waals surface area (Å²) < 4.78 is 21.6. The molecule has 2 aromatic carbocycles. The Labute approximate surface area is 196 Å². The molecule has 0 radical (unpaired) electrons. The molecule has 0 spiro atoms. The van der Waals surface area contributed by atoms with E-state index in [1.165, 1.54) is 12.0 Å². The first-order valence-electron chi connectivity index (χ1n) is 11.1. The van der Waals surface area contributed by atoms with E-state index >= 15 is 0 Å². The lowest BCUT2D eigenvalue weighted by Crippen LogP contribution is -2.53. The zero-order valence-corrected chi connectivity index (χ0v) is 19.4. The number of nitrogens with one attached hydrogen (secondary N) is 1. The topological polar surface area (TPSA) is 103 Å². The Kier molecular flexibility index (Phi) is 5.24. The maximum Gasteiger partial charge on any atom is 0.326 e. The number of methoxy groups -OCH3 is 2. The third-order valence-electron chi connectivity index (χ3n) is 7.07. The molecule has 5 rings (SSSR count). The highest BCUT2D eigenvalue weighted by molar-refractivity contribution is 6.09. The predicted octanol–water partition coefficient (Wildman–Crippen LogP) is 2.29. The van der Waals surface area contributed by atoms with Gasteiger partial charge in [-0.1, -0.05) is 18.2 Å². The molecule has 3 heterocycles. The van der Waals surface area contributed by atoms with Crippen molar-refractivity contribution in [1.29, 1.82) is 0 Å². The van der Waals surface area contributed by atoms with E-state index in [0.717, 1.165) is 16.7 Å². The number of hydrogen-bond acceptors (Lipinski definition) is 8. The normalized spacial score (nSPS) is 27.2. The molecule has 2 amide bonds. The number of hydrogen-bond donors (Lipinski definition) is 1. The van der Waals surface area contributed by atoms with Gasteiger partial charge in [0.25, 0.3) is 0 Å². The number of carbonyl (C=O) groups is 3. The van der Waals surface area contributed by atoms with Crippen LogP contribution in [0.15, 0.2) is 36.4 Å². The number of benzene rings is 2. The number of fused-ring (bicyclic) bond motifs is 2. The van der Waals surface area contributed by atoms with Crippen molar-refractivity contribution in [3.8, 4) is 28.4 Å². The van der Waals surface area contributed by atoms with Gasteiger partial charge in [-0.25, -0.2) is 0 Å². The molecule has 9 heteroatoms. The van der Waals surface area contributed by atoms with Gasteiger partial charge in [0.1, 0.15) is 11.3 Å². The summed E-state index contributed by atoms with van der Waals surface area (Å²) in [7, 11) is 2.85. The van der Waals surface area contributed by atoms with Gasteiger partial charge in [-0.15, -0.1) is 0 Å². The first-order valence-corrected chi connectivity index (χ1v) is 11.1. The van der Waals surface area contributed by atoms with E-state index in [0.29, 0.717) is 17.2 Å². The fourth-order valence-corrected chi connectivity index (χ4v) is 5.40. The Morgan fingerprint density at radius 2 is 1.88 bits per heavy atom. The Hall–Kier alpha value is -3.59. The first kappa shape index (κ1) is 22.2. The lowest BCUT2D eigenvalue weighted by Gasteiger charge is -2.28. The average Bonchev–Trinajstić information content (AvgIpc) is 3.52. The molecule has 2 fully saturated rings. The minimum Gasteiger partial charge on any atom is -0.496 e. The summed E-state index contributed by atoms with van der Waals surface area (Å²) >= 11 is 0. The molecule has 3 aliphatic rings. The zero-order valence-electron chi connectivity index (χ0n) is 19.4. The van der Waals surface area contributed by atoms with Gasteiger partial charge >= 0.3 is 5.97 Å². The Morgan fingerprint density at radius 1 is 1.12 bits per heavy atom. The average molecular weight is 466 g/mol. The smallest absolute Gasteiger partial charge is 0.326 e. The van der Waals surface area contributed by atoms with E-state index in [-0.39, 0.29) is 25.2 Å². The number of nitrogens with zero attached hydrogens (tertiary/aromatic N) is 1. The second-order valence-corrected chi connectivity index (χ2v) is 8.77. The van der Waals surface area contributed by atoms with Crippen LogP contribution in [0.4, 0.5) is 0 Å². The van der Waals surface area contributed by atoms with Crippen molar-refractivity contribution in [3.63, 3.8) is 0 Å². The molecule has 4 atom stereocenters. The van der Waals surface area contributed by atoms with E-state index < -0.39 is 29.4 Å². The number of rotatable bonds is 5. The summed E-state index contributed by atoms with van der Waals surface area (Å²) in [5.41, 5.74) is 1.12. The van der Waals surface area contributed by atoms with Crippen molar-refractivity contribution < 1.29 is 33.3 Å². The molecule has 34 heavy (non-hydrogen) atoms. The van der Waals surface area contributed by atoms with E-state index in [4.69, 9.17) is 18.9 Å². The van der Waals surface area contributed by atoms with Crippen LogP contribution in [0.2, 0.25) is 0 Å². The molecule has 0 aliphatic carbocycles. The fourth-order valence-electron chi connectivity index (χ4n) is 5.40. The van der Waals surface area contributed by atoms with E-state index in [1.54, 1.807) is 21.0 Å². The van der Waals surface area contributed by atoms with E-state index in [1.807, 2.05) is 36.4 Å². The summed E-state index contributed by atoms with van der Waals surface area (Å²) in [6.07, 6.45) is 0. The summed E-state index contributed by atoms with van der Waals surface area (Å²) in [6.45, 7) is 3.81. The van der Waals surface area contributed by atoms with Crippen molar-refractivity contribution in [2.24, 2.45) is 11.8 Å². The quantitative estimate of drug-likeness (QED) is 0.529. The third kappa shape index (κ3) is 3.07. The number of carbonyl (C=O) groups excluding carboxylic acids is 3. The van der Waals surface area contributed by atoms with Gasteiger partial charge in [0.15, 0.2) is 11.5 Å². The Morgan fingerprint density at radius 3 is 2.59 bits per heavy atom. The second-order valence-electron chi connectivity index (χ2n) is 8.77. The van der Waals surface area contributed by atoms with Crippen molar-refractivity contribution >= 4 is 17.8 Å². The van der Waals surface area contributed by atoms with Crippen LogP contribution >= 0.6 is 0 Å². The summed E-state index contributed by atoms with van der Waals surface area (Å²) in [5.74, 6) is -0.862. The van der Waals surface area contributed by atoms with Gasteiger partial charge in [-0.2, -0.15) is 0 Å². The molecule has 9 nitrogen and oxygen atoms in total. The first-order chi connectivity index (χ1) is 16.3. The molecular formula is C25H26N2O7. The highest BCUT2D eigenvalue weighted by atomic mass is 16.7. The van der Waals surface area contributed by atoms with Crippen LogP contribution in [0, 0.1) is 11.8 Å². The van der Waals surface area contributed by atoms with Crippen LogP contribution in [-0.4, -0.2) is 55.8 Å². The van der Waals surface area contributed by atoms with Crippen LogP contribution in [0.1, 0.15) is 25.5 Å². The van der Waals surface area contributed by atoms with Gasteiger partial charge in [0, 0.05) is 18.2 Å². The Balaban J connectivity index is 1.56. The van der Waals surface area contributed by atoms with Gasteiger partial charge < -0.3 is 18.9 Å². The van der Waals surface area contributed by atoms with Crippen molar-refractivity contribution in [1.82, 2.24) is 10.2 Å². The number of ether oxygens (including phenoxy) is 4. The molecule has 2 saturated heterocycles. The van der Waals surface area contributed by atoms with Gasteiger partial charge in [0.05, 0.1) is 26.1 Å². The molecule has 178 valence electrons. The third-order valence-corrected chi connectivity index (χ3v) is 7.07. The standard InChI is InChI=1S/C25H26N2O7/c1-5-27-22(28)19-20(23(27)29)25(2,24(30)32-4)26-21(19)14-6-8-15(17(11-14)31-3)13-7-9-16-18(10-13)34-12-33-16/h6-11,19-21,26H,5,12H2,1-4H3/t19?,20?,21?,25-/m1/s1. The maximum absolute atomic E-state index is 13.2. The predicted molar refractivity (Wildman–Crippen MR) is 120 cm³/mol.